The van der Waals surface area contributed by atoms with Gasteiger partial charge in [-0.1, -0.05) is 23.4 Å². The maximum absolute atomic E-state index is 10.7. The lowest BCUT2D eigenvalue weighted by molar-refractivity contribution is 0.0898. The molecule has 1 heterocycles. The van der Waals surface area contributed by atoms with E-state index < -0.39 is 5.60 Å². The van der Waals surface area contributed by atoms with Gasteiger partial charge in [-0.15, -0.1) is 5.10 Å². The first-order valence-electron chi connectivity index (χ1n) is 5.28. The molecule has 0 saturated carbocycles. The van der Waals surface area contributed by atoms with Gasteiger partial charge in [0.2, 0.25) is 0 Å². The number of nitrogens with zero attached hydrogens (tertiary/aromatic N) is 3. The van der Waals surface area contributed by atoms with Gasteiger partial charge < -0.3 is 9.84 Å². The summed E-state index contributed by atoms with van der Waals surface area (Å²) in [5.74, 6) is 0.638. The summed E-state index contributed by atoms with van der Waals surface area (Å²) in [6, 6.07) is 7.36. The number of ether oxygens (including phenoxy) is 1. The number of aryl methyl sites for hydroxylation is 1. The van der Waals surface area contributed by atoms with Crippen molar-refractivity contribution < 1.29 is 9.84 Å². The molecule has 1 atom stereocenters. The Bertz CT molecular complexity index is 520. The van der Waals surface area contributed by atoms with Crippen molar-refractivity contribution in [2.75, 3.05) is 7.11 Å². The van der Waals surface area contributed by atoms with E-state index >= 15 is 0 Å². The van der Waals surface area contributed by atoms with Crippen LogP contribution in [-0.4, -0.2) is 27.2 Å². The summed E-state index contributed by atoms with van der Waals surface area (Å²) in [4.78, 5) is 0. The van der Waals surface area contributed by atoms with Crippen molar-refractivity contribution >= 4 is 0 Å². The molecule has 2 aromatic rings. The van der Waals surface area contributed by atoms with Gasteiger partial charge in [-0.25, -0.2) is 4.68 Å². The number of hydrogen-bond donors (Lipinski definition) is 1. The van der Waals surface area contributed by atoms with Gasteiger partial charge in [0.15, 0.2) is 0 Å². The van der Waals surface area contributed by atoms with E-state index in [1.807, 2.05) is 24.3 Å². The van der Waals surface area contributed by atoms with E-state index in [0.717, 1.165) is 0 Å². The molecule has 2 rings (SSSR count). The highest BCUT2D eigenvalue weighted by Crippen LogP contribution is 2.34. The van der Waals surface area contributed by atoms with E-state index in [1.165, 1.54) is 0 Å². The standard InChI is InChI=1S/C12H15N3O2/c1-12(16,11-8-13-14-15(11)2)9-6-4-5-7-10(9)17-3/h4-8,16H,1-3H3. The van der Waals surface area contributed by atoms with Crippen LogP contribution in [0.4, 0.5) is 0 Å². The summed E-state index contributed by atoms with van der Waals surface area (Å²) >= 11 is 0. The zero-order chi connectivity index (χ0) is 12.5. The average Bonchev–Trinajstić information content (AvgIpc) is 2.76. The molecular formula is C12H15N3O2. The third-order valence-corrected chi connectivity index (χ3v) is 2.84. The van der Waals surface area contributed by atoms with Crippen LogP contribution in [0.2, 0.25) is 0 Å². The molecule has 17 heavy (non-hydrogen) atoms. The summed E-state index contributed by atoms with van der Waals surface area (Å²) in [7, 11) is 3.32. The first-order valence-corrected chi connectivity index (χ1v) is 5.28. The lowest BCUT2D eigenvalue weighted by Crippen LogP contribution is -2.26. The zero-order valence-electron chi connectivity index (χ0n) is 10.1. The van der Waals surface area contributed by atoms with E-state index in [-0.39, 0.29) is 0 Å². The number of aromatic nitrogens is 3. The van der Waals surface area contributed by atoms with Gasteiger partial charge >= 0.3 is 0 Å². The van der Waals surface area contributed by atoms with Crippen molar-refractivity contribution in [1.29, 1.82) is 0 Å². The fraction of sp³-hybridized carbons (Fsp3) is 0.333. The third kappa shape index (κ3) is 1.89. The van der Waals surface area contributed by atoms with Crippen LogP contribution in [-0.2, 0) is 12.6 Å². The van der Waals surface area contributed by atoms with Crippen LogP contribution >= 0.6 is 0 Å². The van der Waals surface area contributed by atoms with Crippen molar-refractivity contribution in [3.8, 4) is 5.75 Å². The highest BCUT2D eigenvalue weighted by molar-refractivity contribution is 5.41. The SMILES string of the molecule is COc1ccccc1C(C)(O)c1cnnn1C. The highest BCUT2D eigenvalue weighted by Gasteiger charge is 2.32. The van der Waals surface area contributed by atoms with Gasteiger partial charge in [-0.3, -0.25) is 0 Å². The van der Waals surface area contributed by atoms with Crippen LogP contribution in [0.1, 0.15) is 18.2 Å². The summed E-state index contributed by atoms with van der Waals surface area (Å²) in [6.07, 6.45) is 1.55. The van der Waals surface area contributed by atoms with E-state index in [0.29, 0.717) is 17.0 Å². The monoisotopic (exact) mass is 233 g/mol. The Hall–Kier alpha value is -1.88. The normalized spacial score (nSPS) is 14.4. The number of methoxy groups -OCH3 is 1. The molecule has 0 saturated heterocycles. The van der Waals surface area contributed by atoms with Crippen molar-refractivity contribution in [1.82, 2.24) is 15.0 Å². The molecule has 0 amide bonds. The van der Waals surface area contributed by atoms with Crippen molar-refractivity contribution in [3.63, 3.8) is 0 Å². The van der Waals surface area contributed by atoms with Crippen molar-refractivity contribution in [2.45, 2.75) is 12.5 Å². The summed E-state index contributed by atoms with van der Waals surface area (Å²) in [5.41, 5.74) is 0.111. The molecule has 1 unspecified atom stereocenters. The minimum atomic E-state index is -1.19. The van der Waals surface area contributed by atoms with E-state index in [4.69, 9.17) is 4.74 Å². The molecule has 0 aliphatic heterocycles. The molecule has 1 aromatic heterocycles. The van der Waals surface area contributed by atoms with Gasteiger partial charge in [-0.2, -0.15) is 0 Å². The van der Waals surface area contributed by atoms with Crippen molar-refractivity contribution in [3.05, 3.63) is 41.7 Å². The second-order valence-corrected chi connectivity index (χ2v) is 4.02. The topological polar surface area (TPSA) is 60.2 Å². The minimum absolute atomic E-state index is 0.613. The molecule has 0 radical (unpaired) electrons. The van der Waals surface area contributed by atoms with Gasteiger partial charge in [0.25, 0.3) is 0 Å². The predicted molar refractivity (Wildman–Crippen MR) is 62.7 cm³/mol. The molecule has 0 aliphatic carbocycles. The first kappa shape index (κ1) is 11.6. The Morgan fingerprint density at radius 3 is 2.65 bits per heavy atom. The quantitative estimate of drug-likeness (QED) is 0.861. The minimum Gasteiger partial charge on any atom is -0.496 e. The van der Waals surface area contributed by atoms with Gasteiger partial charge in [0.1, 0.15) is 11.4 Å². The van der Waals surface area contributed by atoms with Crippen LogP contribution < -0.4 is 4.74 Å². The van der Waals surface area contributed by atoms with Crippen molar-refractivity contribution in [2.24, 2.45) is 7.05 Å². The predicted octanol–water partition coefficient (Wildman–Crippen LogP) is 1.08. The second kappa shape index (κ2) is 4.18. The van der Waals surface area contributed by atoms with Gasteiger partial charge in [0.05, 0.1) is 19.0 Å². The number of benzene rings is 1. The lowest BCUT2D eigenvalue weighted by Gasteiger charge is -2.25. The lowest BCUT2D eigenvalue weighted by atomic mass is 9.92. The molecule has 5 heteroatoms. The first-order chi connectivity index (χ1) is 8.07. The number of aliphatic hydroxyl groups is 1. The Kier molecular flexibility index (Phi) is 2.85. The molecule has 1 aromatic carbocycles. The fourth-order valence-electron chi connectivity index (χ4n) is 1.92. The number of rotatable bonds is 3. The molecule has 0 bridgehead atoms. The summed E-state index contributed by atoms with van der Waals surface area (Å²) in [6.45, 7) is 1.70. The molecule has 1 N–H and O–H groups in total. The Morgan fingerprint density at radius 2 is 2.06 bits per heavy atom. The number of para-hydroxylation sites is 1. The Labute approximate surface area is 99.7 Å². The smallest absolute Gasteiger partial charge is 0.133 e. The van der Waals surface area contributed by atoms with E-state index in [9.17, 15) is 5.11 Å². The fourth-order valence-corrected chi connectivity index (χ4v) is 1.92. The molecule has 0 fully saturated rings. The average molecular weight is 233 g/mol. The van der Waals surface area contributed by atoms with E-state index in [1.54, 1.807) is 32.0 Å². The number of hydrogen-bond acceptors (Lipinski definition) is 4. The Morgan fingerprint density at radius 1 is 1.35 bits per heavy atom. The third-order valence-electron chi connectivity index (χ3n) is 2.84. The Balaban J connectivity index is 2.55. The maximum Gasteiger partial charge on any atom is 0.133 e. The van der Waals surface area contributed by atoms with Crippen LogP contribution in [0, 0.1) is 0 Å². The molecule has 0 spiro atoms. The maximum atomic E-state index is 10.7. The van der Waals surface area contributed by atoms with Crippen LogP contribution in [0.25, 0.3) is 0 Å². The largest absolute Gasteiger partial charge is 0.496 e. The van der Waals surface area contributed by atoms with Crippen LogP contribution in [0.15, 0.2) is 30.5 Å². The highest BCUT2D eigenvalue weighted by atomic mass is 16.5. The van der Waals surface area contributed by atoms with E-state index in [2.05, 4.69) is 10.3 Å². The summed E-state index contributed by atoms with van der Waals surface area (Å²) < 4.78 is 6.81. The zero-order valence-corrected chi connectivity index (χ0v) is 10.1. The molecular weight excluding hydrogens is 218 g/mol. The summed E-state index contributed by atoms with van der Waals surface area (Å²) in [5, 5.41) is 18.3. The molecule has 0 aliphatic rings. The van der Waals surface area contributed by atoms with Crippen LogP contribution in [0.5, 0.6) is 5.75 Å². The van der Waals surface area contributed by atoms with Crippen LogP contribution in [0.3, 0.4) is 0 Å². The molecule has 5 nitrogen and oxygen atoms in total. The van der Waals surface area contributed by atoms with Gasteiger partial charge in [0, 0.05) is 12.6 Å². The van der Waals surface area contributed by atoms with Gasteiger partial charge in [-0.05, 0) is 13.0 Å². The second-order valence-electron chi connectivity index (χ2n) is 4.02. The molecule has 90 valence electrons.